The summed E-state index contributed by atoms with van der Waals surface area (Å²) in [6.07, 6.45) is 0.786. The minimum absolute atomic E-state index is 0.123. The van der Waals surface area contributed by atoms with Crippen molar-refractivity contribution >= 4 is 26.0 Å². The van der Waals surface area contributed by atoms with E-state index in [1.54, 1.807) is 37.3 Å². The number of hydrogen-bond donors (Lipinski definition) is 0. The van der Waals surface area contributed by atoms with Crippen LogP contribution in [0.25, 0.3) is 11.1 Å². The van der Waals surface area contributed by atoms with Crippen LogP contribution in [0.1, 0.15) is 18.7 Å². The number of ether oxygens (including phenoxy) is 1. The fourth-order valence-electron chi connectivity index (χ4n) is 3.07. The summed E-state index contributed by atoms with van der Waals surface area (Å²) < 4.78 is 47.6. The van der Waals surface area contributed by atoms with Crippen molar-refractivity contribution in [1.82, 2.24) is 9.19 Å². The summed E-state index contributed by atoms with van der Waals surface area (Å²) in [5.74, 6) is -0.0748. The predicted octanol–water partition coefficient (Wildman–Crippen LogP) is 5.83. The molecule has 0 bridgehead atoms. The van der Waals surface area contributed by atoms with Crippen molar-refractivity contribution in [2.75, 3.05) is 0 Å². The molecule has 0 spiro atoms. The molecule has 1 heterocycles. The van der Waals surface area contributed by atoms with Gasteiger partial charge in [-0.05, 0) is 55.0 Å². The van der Waals surface area contributed by atoms with E-state index in [1.807, 2.05) is 30.3 Å². The molecule has 4 aromatic rings. The molecule has 1 aromatic heterocycles. The number of hydrogen-bond acceptors (Lipinski definition) is 4. The minimum Gasteiger partial charge on any atom is -0.484 e. The Morgan fingerprint density at radius 3 is 2.39 bits per heavy atom. The molecule has 0 saturated heterocycles. The minimum atomic E-state index is -3.82. The Morgan fingerprint density at radius 1 is 1.00 bits per heavy atom. The van der Waals surface area contributed by atoms with Crippen LogP contribution in [0.3, 0.4) is 0 Å². The van der Waals surface area contributed by atoms with E-state index >= 15 is 0 Å². The lowest BCUT2D eigenvalue weighted by atomic mass is 10.1. The number of rotatable bonds is 6. The van der Waals surface area contributed by atoms with E-state index in [1.165, 1.54) is 24.4 Å². The monoisotopic (exact) mass is 500 g/mol. The lowest BCUT2D eigenvalue weighted by molar-refractivity contribution is 0.220. The number of aromatic nitrogens is 2. The average molecular weight is 501 g/mol. The quantitative estimate of drug-likeness (QED) is 0.334. The molecule has 4 rings (SSSR count). The summed E-state index contributed by atoms with van der Waals surface area (Å²) in [6, 6.07) is 21.7. The van der Waals surface area contributed by atoms with Crippen LogP contribution < -0.4 is 4.74 Å². The molecule has 0 fully saturated rings. The molecule has 3 aromatic carbocycles. The van der Waals surface area contributed by atoms with Gasteiger partial charge in [0.15, 0.2) is 0 Å². The van der Waals surface area contributed by atoms with Gasteiger partial charge in [0, 0.05) is 22.3 Å². The molecule has 158 valence electrons. The second-order valence-electron chi connectivity index (χ2n) is 6.84. The predicted molar refractivity (Wildman–Crippen MR) is 120 cm³/mol. The molecule has 0 unspecified atom stereocenters. The van der Waals surface area contributed by atoms with Gasteiger partial charge in [-0.15, -0.1) is 0 Å². The molecular weight excluding hydrogens is 483 g/mol. The van der Waals surface area contributed by atoms with Crippen LogP contribution in [0.15, 0.2) is 94.4 Å². The molecule has 5 nitrogen and oxygen atoms in total. The van der Waals surface area contributed by atoms with Crippen molar-refractivity contribution in [2.24, 2.45) is 0 Å². The lowest BCUT2D eigenvalue weighted by Crippen LogP contribution is -2.14. The van der Waals surface area contributed by atoms with Gasteiger partial charge in [0.1, 0.15) is 23.4 Å². The maximum atomic E-state index is 14.6. The van der Waals surface area contributed by atoms with Gasteiger partial charge in [-0.2, -0.15) is 17.6 Å². The third-order valence-corrected chi connectivity index (χ3v) is 6.79. The molecule has 8 heteroatoms. The number of nitrogens with zero attached hydrogens (tertiary/aromatic N) is 2. The van der Waals surface area contributed by atoms with E-state index in [0.717, 1.165) is 14.1 Å². The van der Waals surface area contributed by atoms with Crippen molar-refractivity contribution in [2.45, 2.75) is 17.9 Å². The summed E-state index contributed by atoms with van der Waals surface area (Å²) >= 11 is 3.29. The number of halogens is 2. The Morgan fingerprint density at radius 2 is 1.71 bits per heavy atom. The third kappa shape index (κ3) is 4.55. The molecular formula is C23H18BrFN2O3S. The highest BCUT2D eigenvalue weighted by Gasteiger charge is 2.20. The van der Waals surface area contributed by atoms with Gasteiger partial charge >= 0.3 is 0 Å². The smallest absolute Gasteiger partial charge is 0.282 e. The third-order valence-electron chi connectivity index (χ3n) is 4.70. The molecule has 0 aliphatic rings. The topological polar surface area (TPSA) is 61.2 Å². The Balaban J connectivity index is 1.52. The molecule has 0 radical (unpaired) electrons. The molecule has 0 N–H and O–H groups in total. The van der Waals surface area contributed by atoms with Crippen LogP contribution in [0, 0.1) is 5.82 Å². The highest BCUT2D eigenvalue weighted by Crippen LogP contribution is 2.28. The lowest BCUT2D eigenvalue weighted by Gasteiger charge is -2.14. The maximum absolute atomic E-state index is 14.6. The standard InChI is InChI=1S/C23H18BrFN2O3S/c1-16(30-19-9-12-21(22(25)15-19)17-5-3-2-4-6-17)23-13-14-27(26-23)31(28,29)20-10-7-18(24)8-11-20/h2-16H,1H3/t16-/m0/s1. The fraction of sp³-hybridized carbons (Fsp3) is 0.0870. The second-order valence-corrected chi connectivity index (χ2v) is 9.55. The first kappa shape index (κ1) is 21.3. The maximum Gasteiger partial charge on any atom is 0.282 e. The van der Waals surface area contributed by atoms with E-state index < -0.39 is 21.9 Å². The molecule has 0 aliphatic heterocycles. The van der Waals surface area contributed by atoms with Gasteiger partial charge in [-0.3, -0.25) is 0 Å². The summed E-state index contributed by atoms with van der Waals surface area (Å²) in [7, 11) is -3.82. The fourth-order valence-corrected chi connectivity index (χ4v) is 4.45. The molecule has 1 atom stereocenters. The van der Waals surface area contributed by atoms with E-state index in [4.69, 9.17) is 4.74 Å². The van der Waals surface area contributed by atoms with Crippen LogP contribution in [0.2, 0.25) is 0 Å². The van der Waals surface area contributed by atoms with Gasteiger partial charge in [-0.25, -0.2) is 4.39 Å². The Hall–Kier alpha value is -2.97. The Kier molecular flexibility index (Phi) is 5.93. The van der Waals surface area contributed by atoms with E-state index in [2.05, 4.69) is 21.0 Å². The summed E-state index contributed by atoms with van der Waals surface area (Å²) in [6.45, 7) is 1.72. The van der Waals surface area contributed by atoms with Gasteiger partial charge < -0.3 is 4.74 Å². The average Bonchev–Trinajstić information content (AvgIpc) is 3.26. The van der Waals surface area contributed by atoms with Crippen LogP contribution in [0.5, 0.6) is 5.75 Å². The van der Waals surface area contributed by atoms with E-state index in [0.29, 0.717) is 17.0 Å². The van der Waals surface area contributed by atoms with Crippen molar-refractivity contribution in [3.63, 3.8) is 0 Å². The zero-order valence-electron chi connectivity index (χ0n) is 16.4. The van der Waals surface area contributed by atoms with Crippen molar-refractivity contribution in [3.05, 3.63) is 101 Å². The summed E-state index contributed by atoms with van der Waals surface area (Å²) in [5.41, 5.74) is 1.66. The second kappa shape index (κ2) is 8.64. The van der Waals surface area contributed by atoms with Gasteiger partial charge in [-0.1, -0.05) is 46.3 Å². The van der Waals surface area contributed by atoms with Crippen LogP contribution in [0.4, 0.5) is 4.39 Å². The van der Waals surface area contributed by atoms with Crippen molar-refractivity contribution in [1.29, 1.82) is 0 Å². The van der Waals surface area contributed by atoms with Gasteiger partial charge in [0.25, 0.3) is 10.0 Å². The first-order valence-electron chi connectivity index (χ1n) is 9.43. The van der Waals surface area contributed by atoms with Crippen LogP contribution >= 0.6 is 15.9 Å². The van der Waals surface area contributed by atoms with Crippen LogP contribution in [-0.4, -0.2) is 17.6 Å². The van der Waals surface area contributed by atoms with Crippen molar-refractivity contribution < 1.29 is 17.5 Å². The SMILES string of the molecule is C[C@H](Oc1ccc(-c2ccccc2)c(F)c1)c1ccn(S(=O)(=O)c2ccc(Br)cc2)n1. The molecule has 0 amide bonds. The zero-order valence-corrected chi connectivity index (χ0v) is 18.8. The van der Waals surface area contributed by atoms with Crippen molar-refractivity contribution in [3.8, 4) is 16.9 Å². The van der Waals surface area contributed by atoms with E-state index in [9.17, 15) is 12.8 Å². The normalized spacial score (nSPS) is 12.5. The first-order valence-corrected chi connectivity index (χ1v) is 11.7. The molecule has 0 saturated carbocycles. The largest absolute Gasteiger partial charge is 0.484 e. The summed E-state index contributed by atoms with van der Waals surface area (Å²) in [4.78, 5) is 0.123. The Bertz CT molecular complexity index is 1310. The van der Waals surface area contributed by atoms with Gasteiger partial charge in [0.05, 0.1) is 4.90 Å². The zero-order chi connectivity index (χ0) is 22.0. The summed E-state index contributed by atoms with van der Waals surface area (Å²) in [5, 5.41) is 4.16. The van der Waals surface area contributed by atoms with E-state index in [-0.39, 0.29) is 4.90 Å². The first-order chi connectivity index (χ1) is 14.8. The highest BCUT2D eigenvalue weighted by molar-refractivity contribution is 9.10. The van der Waals surface area contributed by atoms with Crippen LogP contribution in [-0.2, 0) is 10.0 Å². The number of benzene rings is 3. The Labute approximate surface area is 188 Å². The highest BCUT2D eigenvalue weighted by atomic mass is 79.9. The molecule has 31 heavy (non-hydrogen) atoms. The molecule has 0 aliphatic carbocycles. The van der Waals surface area contributed by atoms with Gasteiger partial charge in [0.2, 0.25) is 0 Å².